The Morgan fingerprint density at radius 1 is 1.40 bits per heavy atom. The molecule has 1 aromatic heterocycles. The van der Waals surface area contributed by atoms with Crippen molar-refractivity contribution in [3.63, 3.8) is 0 Å². The van der Waals surface area contributed by atoms with E-state index < -0.39 is 0 Å². The summed E-state index contributed by atoms with van der Waals surface area (Å²) in [5.74, 6) is 0. The molecule has 0 saturated carbocycles. The Balaban J connectivity index is 2.54. The van der Waals surface area contributed by atoms with Gasteiger partial charge in [0.1, 0.15) is 0 Å². The third kappa shape index (κ3) is 4.15. The summed E-state index contributed by atoms with van der Waals surface area (Å²) in [6, 6.07) is 0. The molecule has 15 heavy (non-hydrogen) atoms. The van der Waals surface area contributed by atoms with E-state index in [2.05, 4.69) is 37.9 Å². The minimum Gasteiger partial charge on any atom is -0.334 e. The molecule has 1 heterocycles. The number of nitrogens with zero attached hydrogens (tertiary/aromatic N) is 2. The van der Waals surface area contributed by atoms with Crippen molar-refractivity contribution < 1.29 is 0 Å². The third-order valence-corrected chi connectivity index (χ3v) is 2.34. The van der Waals surface area contributed by atoms with Crippen molar-refractivity contribution in [1.82, 2.24) is 9.55 Å². The summed E-state index contributed by atoms with van der Waals surface area (Å²) >= 11 is 0. The number of hydrogen-bond donors (Lipinski definition) is 0. The molecule has 0 bridgehead atoms. The van der Waals surface area contributed by atoms with Crippen LogP contribution in [0.1, 0.15) is 39.3 Å². The van der Waals surface area contributed by atoms with E-state index in [-0.39, 0.29) is 0 Å². The second-order valence-corrected chi connectivity index (χ2v) is 4.24. The maximum absolute atomic E-state index is 4.09. The minimum atomic E-state index is 1.12. The highest BCUT2D eigenvalue weighted by molar-refractivity contribution is 5.47. The molecule has 0 radical (unpaired) electrons. The highest BCUT2D eigenvalue weighted by Crippen LogP contribution is 2.11. The molecule has 0 unspecified atom stereocenters. The summed E-state index contributed by atoms with van der Waals surface area (Å²) in [4.78, 5) is 4.09. The second-order valence-electron chi connectivity index (χ2n) is 4.24. The van der Waals surface area contributed by atoms with Gasteiger partial charge in [0.2, 0.25) is 0 Å². The van der Waals surface area contributed by atoms with Crippen molar-refractivity contribution >= 4 is 6.08 Å². The predicted molar refractivity (Wildman–Crippen MR) is 65.5 cm³/mol. The van der Waals surface area contributed by atoms with Crippen LogP contribution in [-0.2, 0) is 7.05 Å². The fourth-order valence-corrected chi connectivity index (χ4v) is 1.42. The zero-order valence-corrected chi connectivity index (χ0v) is 10.1. The average molecular weight is 204 g/mol. The largest absolute Gasteiger partial charge is 0.334 e. The van der Waals surface area contributed by atoms with Gasteiger partial charge in [-0.05, 0) is 39.7 Å². The summed E-state index contributed by atoms with van der Waals surface area (Å²) in [6.07, 6.45) is 10.4. The highest BCUT2D eigenvalue weighted by Gasteiger charge is 1.95. The van der Waals surface area contributed by atoms with E-state index in [1.807, 2.05) is 24.1 Å². The number of allylic oxidation sites excluding steroid dienone is 3. The molecule has 0 atom stereocenters. The van der Waals surface area contributed by atoms with Gasteiger partial charge < -0.3 is 4.57 Å². The normalized spacial score (nSPS) is 11.6. The van der Waals surface area contributed by atoms with Gasteiger partial charge in [-0.3, -0.25) is 0 Å². The molecular formula is C13H20N2. The molecule has 82 valence electrons. The van der Waals surface area contributed by atoms with Crippen LogP contribution in [0, 0.1) is 0 Å². The lowest BCUT2D eigenvalue weighted by molar-refractivity contribution is 0.897. The first kappa shape index (κ1) is 11.8. The average Bonchev–Trinajstić information content (AvgIpc) is 2.51. The van der Waals surface area contributed by atoms with Crippen LogP contribution < -0.4 is 0 Å². The molecule has 1 rings (SSSR count). The van der Waals surface area contributed by atoms with Gasteiger partial charge in [-0.15, -0.1) is 0 Å². The van der Waals surface area contributed by atoms with Crippen LogP contribution in [0.2, 0.25) is 0 Å². The lowest BCUT2D eigenvalue weighted by Gasteiger charge is -2.00. The Kier molecular flexibility index (Phi) is 4.35. The molecule has 0 aliphatic carbocycles. The molecule has 0 saturated heterocycles. The standard InChI is InChI=1S/C13H20N2/c1-11(2)6-5-7-12(3)8-13-9-14-10-15(13)4/h6,8-10H,5,7H2,1-4H3. The third-order valence-electron chi connectivity index (χ3n) is 2.34. The summed E-state index contributed by atoms with van der Waals surface area (Å²) < 4.78 is 2.03. The summed E-state index contributed by atoms with van der Waals surface area (Å²) in [5.41, 5.74) is 3.96. The lowest BCUT2D eigenvalue weighted by Crippen LogP contribution is -1.88. The fraction of sp³-hybridized carbons (Fsp3) is 0.462. The Morgan fingerprint density at radius 2 is 2.13 bits per heavy atom. The number of aryl methyl sites for hydroxylation is 1. The lowest BCUT2D eigenvalue weighted by atomic mass is 10.1. The second kappa shape index (κ2) is 5.54. The van der Waals surface area contributed by atoms with Crippen molar-refractivity contribution in [1.29, 1.82) is 0 Å². The summed E-state index contributed by atoms with van der Waals surface area (Å²) in [7, 11) is 2.02. The van der Waals surface area contributed by atoms with E-state index in [1.165, 1.54) is 16.8 Å². The molecule has 0 fully saturated rings. The Bertz CT molecular complexity index is 366. The van der Waals surface area contributed by atoms with Gasteiger partial charge >= 0.3 is 0 Å². The molecule has 0 aliphatic heterocycles. The number of rotatable bonds is 4. The molecular weight excluding hydrogens is 184 g/mol. The molecule has 1 aromatic rings. The molecule has 0 aromatic carbocycles. The van der Waals surface area contributed by atoms with Crippen LogP contribution in [-0.4, -0.2) is 9.55 Å². The molecule has 0 spiro atoms. The van der Waals surface area contributed by atoms with Crippen molar-refractivity contribution in [3.05, 3.63) is 35.4 Å². The van der Waals surface area contributed by atoms with Crippen molar-refractivity contribution in [2.75, 3.05) is 0 Å². The monoisotopic (exact) mass is 204 g/mol. The van der Waals surface area contributed by atoms with E-state index in [1.54, 1.807) is 0 Å². The van der Waals surface area contributed by atoms with Crippen LogP contribution in [0.3, 0.4) is 0 Å². The Morgan fingerprint density at radius 3 is 2.67 bits per heavy atom. The minimum absolute atomic E-state index is 1.12. The first-order valence-electron chi connectivity index (χ1n) is 5.36. The van der Waals surface area contributed by atoms with Gasteiger partial charge in [0.05, 0.1) is 18.2 Å². The highest BCUT2D eigenvalue weighted by atomic mass is 15.0. The van der Waals surface area contributed by atoms with Gasteiger partial charge in [-0.1, -0.05) is 17.2 Å². The van der Waals surface area contributed by atoms with Gasteiger partial charge in [0.15, 0.2) is 0 Å². The number of hydrogen-bond acceptors (Lipinski definition) is 1. The summed E-state index contributed by atoms with van der Waals surface area (Å²) in [5, 5.41) is 0. The maximum atomic E-state index is 4.09. The molecule has 0 N–H and O–H groups in total. The van der Waals surface area contributed by atoms with Crippen LogP contribution >= 0.6 is 0 Å². The van der Waals surface area contributed by atoms with Gasteiger partial charge in [0, 0.05) is 7.05 Å². The number of imidazole rings is 1. The fourth-order valence-electron chi connectivity index (χ4n) is 1.42. The van der Waals surface area contributed by atoms with Crippen LogP contribution in [0.5, 0.6) is 0 Å². The zero-order chi connectivity index (χ0) is 11.3. The van der Waals surface area contributed by atoms with E-state index in [0.717, 1.165) is 12.8 Å². The van der Waals surface area contributed by atoms with Gasteiger partial charge in [0.25, 0.3) is 0 Å². The van der Waals surface area contributed by atoms with E-state index in [0.29, 0.717) is 0 Å². The Labute approximate surface area is 92.3 Å². The topological polar surface area (TPSA) is 17.8 Å². The van der Waals surface area contributed by atoms with Gasteiger partial charge in [-0.25, -0.2) is 4.98 Å². The van der Waals surface area contributed by atoms with Crippen molar-refractivity contribution in [3.8, 4) is 0 Å². The molecule has 2 nitrogen and oxygen atoms in total. The van der Waals surface area contributed by atoms with E-state index in [9.17, 15) is 0 Å². The Hall–Kier alpha value is -1.31. The van der Waals surface area contributed by atoms with E-state index >= 15 is 0 Å². The first-order chi connectivity index (χ1) is 7.09. The van der Waals surface area contributed by atoms with E-state index in [4.69, 9.17) is 0 Å². The smallest absolute Gasteiger partial charge is 0.0948 e. The van der Waals surface area contributed by atoms with Crippen molar-refractivity contribution in [2.45, 2.75) is 33.6 Å². The van der Waals surface area contributed by atoms with Crippen LogP contribution in [0.4, 0.5) is 0 Å². The van der Waals surface area contributed by atoms with Crippen LogP contribution in [0.25, 0.3) is 6.08 Å². The van der Waals surface area contributed by atoms with Crippen molar-refractivity contribution in [2.24, 2.45) is 7.05 Å². The van der Waals surface area contributed by atoms with Crippen LogP contribution in [0.15, 0.2) is 29.7 Å². The molecule has 2 heteroatoms. The number of aromatic nitrogens is 2. The zero-order valence-electron chi connectivity index (χ0n) is 10.1. The summed E-state index contributed by atoms with van der Waals surface area (Å²) in [6.45, 7) is 6.45. The predicted octanol–water partition coefficient (Wildman–Crippen LogP) is 3.57. The maximum Gasteiger partial charge on any atom is 0.0948 e. The molecule has 0 amide bonds. The van der Waals surface area contributed by atoms with Gasteiger partial charge in [-0.2, -0.15) is 0 Å². The SMILES string of the molecule is CC(C)=CCCC(C)=Cc1cncn1C. The first-order valence-corrected chi connectivity index (χ1v) is 5.36. The molecule has 0 aliphatic rings. The quantitative estimate of drug-likeness (QED) is 0.685.